The maximum absolute atomic E-state index is 4.69. The van der Waals surface area contributed by atoms with Crippen LogP contribution in [-0.2, 0) is 19.5 Å². The second kappa shape index (κ2) is 7.29. The molecule has 3 aromatic rings. The molecule has 3 heterocycles. The van der Waals surface area contributed by atoms with Gasteiger partial charge in [0, 0.05) is 48.4 Å². The van der Waals surface area contributed by atoms with Crippen molar-refractivity contribution in [2.45, 2.75) is 44.3 Å². The Balaban J connectivity index is 1.74. The van der Waals surface area contributed by atoms with Crippen molar-refractivity contribution in [1.82, 2.24) is 24.6 Å². The zero-order chi connectivity index (χ0) is 18.1. The van der Waals surface area contributed by atoms with E-state index in [1.807, 2.05) is 22.8 Å². The largest absolute Gasteiger partial charge is 0.348 e. The number of fused-ring (bicyclic) bond motifs is 1. The quantitative estimate of drug-likeness (QED) is 0.697. The van der Waals surface area contributed by atoms with Gasteiger partial charge in [-0.15, -0.1) is 11.8 Å². The number of thioether (sulfide) groups is 1. The standard InChI is InChI=1S/C20H25N5S/c1-4-25-12-16(14(2)23-25)20-19-17(21-13-22-19)9-10-24(20)11-15-7-5-6-8-18(15)26-3/h5-8,12-13,20H,4,9-11H2,1-3H3,(H,21,22)/t20-/m1/s1. The number of aromatic nitrogens is 4. The summed E-state index contributed by atoms with van der Waals surface area (Å²) < 4.78 is 2.03. The number of aromatic amines is 1. The van der Waals surface area contributed by atoms with Crippen molar-refractivity contribution in [2.24, 2.45) is 0 Å². The van der Waals surface area contributed by atoms with Gasteiger partial charge in [-0.25, -0.2) is 4.98 Å². The number of benzene rings is 1. The van der Waals surface area contributed by atoms with Crippen LogP contribution in [0.1, 0.15) is 41.2 Å². The summed E-state index contributed by atoms with van der Waals surface area (Å²) in [5, 5.41) is 4.68. The summed E-state index contributed by atoms with van der Waals surface area (Å²) in [5.41, 5.74) is 6.14. The minimum atomic E-state index is 0.153. The lowest BCUT2D eigenvalue weighted by atomic mass is 9.95. The van der Waals surface area contributed by atoms with Crippen LogP contribution in [0.15, 0.2) is 41.7 Å². The van der Waals surface area contributed by atoms with Gasteiger partial charge in [-0.3, -0.25) is 9.58 Å². The van der Waals surface area contributed by atoms with E-state index in [0.29, 0.717) is 0 Å². The van der Waals surface area contributed by atoms with E-state index < -0.39 is 0 Å². The Morgan fingerprint density at radius 3 is 2.92 bits per heavy atom. The maximum Gasteiger partial charge on any atom is 0.0926 e. The van der Waals surface area contributed by atoms with Gasteiger partial charge in [0.2, 0.25) is 0 Å². The summed E-state index contributed by atoms with van der Waals surface area (Å²) in [7, 11) is 0. The topological polar surface area (TPSA) is 49.7 Å². The van der Waals surface area contributed by atoms with Gasteiger partial charge < -0.3 is 4.98 Å². The number of aryl methyl sites for hydroxylation is 2. The molecule has 1 aliphatic rings. The number of nitrogens with zero attached hydrogens (tertiary/aromatic N) is 4. The van der Waals surface area contributed by atoms with Crippen LogP contribution in [0, 0.1) is 6.92 Å². The Bertz CT molecular complexity index is 897. The first-order chi connectivity index (χ1) is 12.7. The Morgan fingerprint density at radius 2 is 2.15 bits per heavy atom. The molecule has 0 amide bonds. The van der Waals surface area contributed by atoms with E-state index in [0.717, 1.165) is 37.4 Å². The van der Waals surface area contributed by atoms with E-state index >= 15 is 0 Å². The van der Waals surface area contributed by atoms with Gasteiger partial charge >= 0.3 is 0 Å². The molecule has 0 saturated carbocycles. The summed E-state index contributed by atoms with van der Waals surface area (Å²) in [6.45, 7) is 7.06. The van der Waals surface area contributed by atoms with Gasteiger partial charge in [0.25, 0.3) is 0 Å². The first-order valence-corrected chi connectivity index (χ1v) is 10.4. The van der Waals surface area contributed by atoms with E-state index in [1.54, 1.807) is 0 Å². The van der Waals surface area contributed by atoms with Crippen molar-refractivity contribution in [1.29, 1.82) is 0 Å². The molecular formula is C20H25N5S. The summed E-state index contributed by atoms with van der Waals surface area (Å²) >= 11 is 1.81. The highest BCUT2D eigenvalue weighted by Gasteiger charge is 2.33. The fourth-order valence-electron chi connectivity index (χ4n) is 3.86. The Hall–Kier alpha value is -2.05. The lowest BCUT2D eigenvalue weighted by Crippen LogP contribution is -2.36. The zero-order valence-corrected chi connectivity index (χ0v) is 16.4. The monoisotopic (exact) mass is 367 g/mol. The second-order valence-electron chi connectivity index (χ2n) is 6.73. The van der Waals surface area contributed by atoms with Crippen LogP contribution in [0.2, 0.25) is 0 Å². The van der Waals surface area contributed by atoms with Crippen LogP contribution >= 0.6 is 11.8 Å². The third kappa shape index (κ3) is 3.08. The fraction of sp³-hybridized carbons (Fsp3) is 0.400. The average Bonchev–Trinajstić information content (AvgIpc) is 3.28. The molecule has 1 N–H and O–H groups in total. The van der Waals surface area contributed by atoms with Crippen LogP contribution in [0.5, 0.6) is 0 Å². The van der Waals surface area contributed by atoms with E-state index in [9.17, 15) is 0 Å². The van der Waals surface area contributed by atoms with Crippen LogP contribution in [0.25, 0.3) is 0 Å². The molecule has 0 unspecified atom stereocenters. The van der Waals surface area contributed by atoms with Crippen molar-refractivity contribution >= 4 is 11.8 Å². The number of H-pyrrole nitrogens is 1. The molecule has 5 nitrogen and oxygen atoms in total. The predicted molar refractivity (Wildman–Crippen MR) is 105 cm³/mol. The molecule has 1 atom stereocenters. The molecule has 0 saturated heterocycles. The number of nitrogens with one attached hydrogen (secondary N) is 1. The predicted octanol–water partition coefficient (Wildman–Crippen LogP) is 3.80. The van der Waals surface area contributed by atoms with Crippen molar-refractivity contribution in [3.63, 3.8) is 0 Å². The van der Waals surface area contributed by atoms with Crippen molar-refractivity contribution in [3.8, 4) is 0 Å². The van der Waals surface area contributed by atoms with Gasteiger partial charge in [-0.05, 0) is 31.7 Å². The smallest absolute Gasteiger partial charge is 0.0926 e. The highest BCUT2D eigenvalue weighted by Crippen LogP contribution is 2.36. The van der Waals surface area contributed by atoms with Gasteiger partial charge in [0.1, 0.15) is 0 Å². The first-order valence-electron chi connectivity index (χ1n) is 9.13. The Kier molecular flexibility index (Phi) is 4.87. The summed E-state index contributed by atoms with van der Waals surface area (Å²) in [6.07, 6.45) is 7.18. The summed E-state index contributed by atoms with van der Waals surface area (Å²) in [5.74, 6) is 0. The molecule has 0 spiro atoms. The van der Waals surface area contributed by atoms with Crippen molar-refractivity contribution in [3.05, 3.63) is 65.0 Å². The maximum atomic E-state index is 4.69. The molecule has 0 fully saturated rings. The summed E-state index contributed by atoms with van der Waals surface area (Å²) in [6, 6.07) is 8.85. The number of hydrogen-bond donors (Lipinski definition) is 1. The Labute approximate surface area is 158 Å². The molecule has 4 rings (SSSR count). The molecular weight excluding hydrogens is 342 g/mol. The number of rotatable bonds is 5. The van der Waals surface area contributed by atoms with E-state index in [4.69, 9.17) is 0 Å². The van der Waals surface area contributed by atoms with Crippen LogP contribution in [-0.4, -0.2) is 37.4 Å². The van der Waals surface area contributed by atoms with E-state index in [-0.39, 0.29) is 6.04 Å². The van der Waals surface area contributed by atoms with Crippen LogP contribution in [0.3, 0.4) is 0 Å². The molecule has 1 aromatic carbocycles. The first kappa shape index (κ1) is 17.4. The lowest BCUT2D eigenvalue weighted by Gasteiger charge is -2.35. The van der Waals surface area contributed by atoms with Gasteiger partial charge in [-0.2, -0.15) is 5.10 Å². The molecule has 26 heavy (non-hydrogen) atoms. The summed E-state index contributed by atoms with van der Waals surface area (Å²) in [4.78, 5) is 11.9. The molecule has 1 aliphatic heterocycles. The van der Waals surface area contributed by atoms with Gasteiger partial charge in [0.05, 0.1) is 23.8 Å². The normalized spacial score (nSPS) is 17.4. The third-order valence-corrected chi connectivity index (χ3v) is 6.03. The fourth-order valence-corrected chi connectivity index (χ4v) is 4.46. The molecule has 2 aromatic heterocycles. The average molecular weight is 368 g/mol. The van der Waals surface area contributed by atoms with Gasteiger partial charge in [0.15, 0.2) is 0 Å². The van der Waals surface area contributed by atoms with Crippen LogP contribution < -0.4 is 0 Å². The number of imidazole rings is 1. The molecule has 0 bridgehead atoms. The molecule has 6 heteroatoms. The van der Waals surface area contributed by atoms with E-state index in [1.165, 1.54) is 21.7 Å². The SMILES string of the molecule is CCn1cc([C@@H]2c3nc[nH]c3CCN2Cc2ccccc2SC)c(C)n1. The highest BCUT2D eigenvalue weighted by molar-refractivity contribution is 7.98. The van der Waals surface area contributed by atoms with Gasteiger partial charge in [-0.1, -0.05) is 18.2 Å². The van der Waals surface area contributed by atoms with Crippen molar-refractivity contribution < 1.29 is 0 Å². The molecule has 0 radical (unpaired) electrons. The van der Waals surface area contributed by atoms with Crippen molar-refractivity contribution in [2.75, 3.05) is 12.8 Å². The lowest BCUT2D eigenvalue weighted by molar-refractivity contribution is 0.198. The zero-order valence-electron chi connectivity index (χ0n) is 15.6. The molecule has 0 aliphatic carbocycles. The van der Waals surface area contributed by atoms with Crippen LogP contribution in [0.4, 0.5) is 0 Å². The number of hydrogen-bond acceptors (Lipinski definition) is 4. The molecule has 136 valence electrons. The highest BCUT2D eigenvalue weighted by atomic mass is 32.2. The van der Waals surface area contributed by atoms with E-state index in [2.05, 4.69) is 70.5 Å². The second-order valence-corrected chi connectivity index (χ2v) is 7.57. The third-order valence-electron chi connectivity index (χ3n) is 5.19. The Morgan fingerprint density at radius 1 is 1.31 bits per heavy atom. The minimum absolute atomic E-state index is 0.153. The minimum Gasteiger partial charge on any atom is -0.348 e.